The van der Waals surface area contributed by atoms with E-state index in [0.29, 0.717) is 30.6 Å². The molecule has 3 heterocycles. The molecular formula is C24H30N6O3. The smallest absolute Gasteiger partial charge is 0.261 e. The van der Waals surface area contributed by atoms with Gasteiger partial charge in [-0.2, -0.15) is 0 Å². The number of benzene rings is 1. The molecule has 3 amide bonds. The molecule has 0 spiro atoms. The van der Waals surface area contributed by atoms with Crippen LogP contribution in [0.1, 0.15) is 58.6 Å². The molecule has 2 aliphatic heterocycles. The van der Waals surface area contributed by atoms with Crippen LogP contribution in [-0.2, 0) is 4.79 Å². The molecule has 0 radical (unpaired) electrons. The number of nitrogens with one attached hydrogen (secondary N) is 2. The van der Waals surface area contributed by atoms with Crippen LogP contribution in [0.15, 0.2) is 30.3 Å². The van der Waals surface area contributed by atoms with Gasteiger partial charge in [-0.15, -0.1) is 0 Å². The fourth-order valence-corrected chi connectivity index (χ4v) is 4.25. The molecule has 9 heteroatoms. The minimum absolute atomic E-state index is 0.110. The lowest BCUT2D eigenvalue weighted by Gasteiger charge is -2.28. The van der Waals surface area contributed by atoms with Crippen LogP contribution in [-0.4, -0.2) is 65.3 Å². The summed E-state index contributed by atoms with van der Waals surface area (Å²) in [4.78, 5) is 49.4. The lowest BCUT2D eigenvalue weighted by molar-refractivity contribution is -0.121. The summed E-state index contributed by atoms with van der Waals surface area (Å²) in [6, 6.07) is 8.76. The van der Waals surface area contributed by atoms with E-state index < -0.39 is 0 Å². The SMILES string of the molecule is Cc1nc(NCCNC(=O)CCCN2C(=O)c3ccccc3C2=O)cc(N2CCCCC2)n1. The topological polar surface area (TPSA) is 108 Å². The standard InChI is InChI=1S/C24H30N6O3/c1-17-27-20(16-21(28-17)29-13-5-2-6-14-29)25-11-12-26-22(31)10-7-15-30-23(32)18-8-3-4-9-19(18)24(30)33/h3-4,8-9,16H,2,5-7,10-15H2,1H3,(H,26,31)(H,25,27,28). The molecule has 1 aromatic carbocycles. The molecule has 2 aromatic rings. The first-order chi connectivity index (χ1) is 16.0. The molecule has 0 saturated carbocycles. The van der Waals surface area contributed by atoms with Crippen molar-refractivity contribution >= 4 is 29.4 Å². The molecule has 0 atom stereocenters. The predicted molar refractivity (Wildman–Crippen MR) is 125 cm³/mol. The van der Waals surface area contributed by atoms with Crippen molar-refractivity contribution in [3.8, 4) is 0 Å². The van der Waals surface area contributed by atoms with Gasteiger partial charge in [0.05, 0.1) is 11.1 Å². The van der Waals surface area contributed by atoms with Crippen LogP contribution in [0.25, 0.3) is 0 Å². The van der Waals surface area contributed by atoms with E-state index in [2.05, 4.69) is 25.5 Å². The van der Waals surface area contributed by atoms with Crippen molar-refractivity contribution in [3.63, 3.8) is 0 Å². The summed E-state index contributed by atoms with van der Waals surface area (Å²) in [5.41, 5.74) is 0.864. The Balaban J connectivity index is 1.17. The summed E-state index contributed by atoms with van der Waals surface area (Å²) < 4.78 is 0. The van der Waals surface area contributed by atoms with E-state index in [9.17, 15) is 14.4 Å². The third kappa shape index (κ3) is 5.47. The van der Waals surface area contributed by atoms with Crippen LogP contribution < -0.4 is 15.5 Å². The number of fused-ring (bicyclic) bond motifs is 1. The Morgan fingerprint density at radius 3 is 2.39 bits per heavy atom. The molecule has 33 heavy (non-hydrogen) atoms. The molecule has 0 bridgehead atoms. The van der Waals surface area contributed by atoms with Crippen molar-refractivity contribution in [1.29, 1.82) is 0 Å². The number of piperidine rings is 1. The molecule has 2 N–H and O–H groups in total. The van der Waals surface area contributed by atoms with Crippen LogP contribution in [0.2, 0.25) is 0 Å². The van der Waals surface area contributed by atoms with Gasteiger partial charge in [0.15, 0.2) is 0 Å². The maximum atomic E-state index is 12.4. The highest BCUT2D eigenvalue weighted by Gasteiger charge is 2.34. The van der Waals surface area contributed by atoms with Crippen molar-refractivity contribution in [2.45, 2.75) is 39.0 Å². The molecule has 1 saturated heterocycles. The molecule has 0 unspecified atom stereocenters. The number of carbonyl (C=O) groups is 3. The van der Waals surface area contributed by atoms with Crippen LogP contribution in [0.3, 0.4) is 0 Å². The van der Waals surface area contributed by atoms with Crippen LogP contribution in [0.5, 0.6) is 0 Å². The number of amides is 3. The monoisotopic (exact) mass is 450 g/mol. The normalized spacial score (nSPS) is 15.5. The van der Waals surface area contributed by atoms with E-state index in [-0.39, 0.29) is 30.7 Å². The zero-order valence-electron chi connectivity index (χ0n) is 19.0. The van der Waals surface area contributed by atoms with Crippen molar-refractivity contribution in [2.24, 2.45) is 0 Å². The van der Waals surface area contributed by atoms with E-state index in [1.54, 1.807) is 24.3 Å². The van der Waals surface area contributed by atoms with Crippen molar-refractivity contribution in [2.75, 3.05) is 42.9 Å². The molecule has 174 valence electrons. The quantitative estimate of drug-likeness (QED) is 0.446. The molecule has 1 fully saturated rings. The Labute approximate surface area is 193 Å². The molecule has 1 aromatic heterocycles. The molecule has 0 aliphatic carbocycles. The fourth-order valence-electron chi connectivity index (χ4n) is 4.25. The van der Waals surface area contributed by atoms with E-state index in [4.69, 9.17) is 0 Å². The van der Waals surface area contributed by atoms with Gasteiger partial charge in [0.25, 0.3) is 11.8 Å². The van der Waals surface area contributed by atoms with Crippen molar-refractivity contribution in [3.05, 3.63) is 47.3 Å². The Bertz CT molecular complexity index is 1000. The zero-order valence-corrected chi connectivity index (χ0v) is 19.0. The Morgan fingerprint density at radius 2 is 1.70 bits per heavy atom. The minimum Gasteiger partial charge on any atom is -0.368 e. The molecular weight excluding hydrogens is 420 g/mol. The van der Waals surface area contributed by atoms with Crippen LogP contribution in [0.4, 0.5) is 11.6 Å². The summed E-state index contributed by atoms with van der Waals surface area (Å²) in [5, 5.41) is 6.12. The largest absolute Gasteiger partial charge is 0.368 e. The zero-order chi connectivity index (χ0) is 23.2. The number of nitrogens with zero attached hydrogens (tertiary/aromatic N) is 4. The Morgan fingerprint density at radius 1 is 1.00 bits per heavy atom. The fraction of sp³-hybridized carbons (Fsp3) is 0.458. The van der Waals surface area contributed by atoms with Crippen molar-refractivity contribution < 1.29 is 14.4 Å². The highest BCUT2D eigenvalue weighted by molar-refractivity contribution is 6.21. The summed E-state index contributed by atoms with van der Waals surface area (Å²) in [6.45, 7) is 5.15. The van der Waals surface area contributed by atoms with Gasteiger partial charge < -0.3 is 15.5 Å². The molecule has 2 aliphatic rings. The number of hydrogen-bond donors (Lipinski definition) is 2. The van der Waals surface area contributed by atoms with Gasteiger partial charge in [-0.25, -0.2) is 9.97 Å². The van der Waals surface area contributed by atoms with E-state index in [1.165, 1.54) is 24.2 Å². The first-order valence-corrected chi connectivity index (χ1v) is 11.6. The van der Waals surface area contributed by atoms with Gasteiger partial charge >= 0.3 is 0 Å². The van der Waals surface area contributed by atoms with Gasteiger partial charge in [0, 0.05) is 45.2 Å². The van der Waals surface area contributed by atoms with E-state index in [1.807, 2.05) is 13.0 Å². The lowest BCUT2D eigenvalue weighted by atomic mass is 10.1. The average Bonchev–Trinajstić information content (AvgIpc) is 3.07. The number of aryl methyl sites for hydroxylation is 1. The van der Waals surface area contributed by atoms with Gasteiger partial charge in [-0.3, -0.25) is 19.3 Å². The van der Waals surface area contributed by atoms with Gasteiger partial charge in [0.2, 0.25) is 5.91 Å². The summed E-state index contributed by atoms with van der Waals surface area (Å²) in [6.07, 6.45) is 4.31. The number of carbonyl (C=O) groups excluding carboxylic acids is 3. The summed E-state index contributed by atoms with van der Waals surface area (Å²) >= 11 is 0. The van der Waals surface area contributed by atoms with Gasteiger partial charge in [-0.1, -0.05) is 12.1 Å². The number of hydrogen-bond acceptors (Lipinski definition) is 7. The summed E-state index contributed by atoms with van der Waals surface area (Å²) in [5.74, 6) is 1.73. The molecule has 4 rings (SSSR count). The maximum Gasteiger partial charge on any atom is 0.261 e. The van der Waals surface area contributed by atoms with Crippen LogP contribution in [0, 0.1) is 6.92 Å². The van der Waals surface area contributed by atoms with E-state index >= 15 is 0 Å². The highest BCUT2D eigenvalue weighted by atomic mass is 16.2. The highest BCUT2D eigenvalue weighted by Crippen LogP contribution is 2.23. The second kappa shape index (κ2) is 10.4. The maximum absolute atomic E-state index is 12.4. The molecule has 9 nitrogen and oxygen atoms in total. The lowest BCUT2D eigenvalue weighted by Crippen LogP contribution is -2.33. The number of aromatic nitrogens is 2. The third-order valence-corrected chi connectivity index (χ3v) is 5.92. The first kappa shape index (κ1) is 22.7. The Kier molecular flexibility index (Phi) is 7.16. The van der Waals surface area contributed by atoms with Gasteiger partial charge in [-0.05, 0) is 44.7 Å². The second-order valence-corrected chi connectivity index (χ2v) is 8.39. The predicted octanol–water partition coefficient (Wildman–Crippen LogP) is 2.38. The second-order valence-electron chi connectivity index (χ2n) is 8.39. The third-order valence-electron chi connectivity index (χ3n) is 5.92. The average molecular weight is 451 g/mol. The number of anilines is 2. The van der Waals surface area contributed by atoms with Crippen molar-refractivity contribution in [1.82, 2.24) is 20.2 Å². The van der Waals surface area contributed by atoms with Gasteiger partial charge in [0.1, 0.15) is 17.5 Å². The van der Waals surface area contributed by atoms with Crippen LogP contribution >= 0.6 is 0 Å². The Hall–Kier alpha value is -3.49. The first-order valence-electron chi connectivity index (χ1n) is 11.6. The number of imide groups is 1. The minimum atomic E-state index is -0.288. The number of rotatable bonds is 9. The van der Waals surface area contributed by atoms with E-state index in [0.717, 1.165) is 30.5 Å². The summed E-state index contributed by atoms with van der Waals surface area (Å²) in [7, 11) is 0.